The molecule has 0 unspecified atom stereocenters. The first-order chi connectivity index (χ1) is 8.38. The smallest absolute Gasteiger partial charge is 0.0512 e. The molecule has 1 aromatic carbocycles. The van der Waals surface area contributed by atoms with Crippen molar-refractivity contribution < 1.29 is 0 Å². The molecule has 100 valence electrons. The van der Waals surface area contributed by atoms with E-state index in [-0.39, 0.29) is 0 Å². The number of anilines is 2. The van der Waals surface area contributed by atoms with Gasteiger partial charge in [0.2, 0.25) is 0 Å². The quantitative estimate of drug-likeness (QED) is 0.784. The Morgan fingerprint density at radius 1 is 1.22 bits per heavy atom. The van der Waals surface area contributed by atoms with Crippen LogP contribution in [0.3, 0.4) is 0 Å². The Morgan fingerprint density at radius 2 is 1.83 bits per heavy atom. The maximum Gasteiger partial charge on any atom is 0.0512 e. The molecule has 2 N–H and O–H groups in total. The van der Waals surface area contributed by atoms with Crippen molar-refractivity contribution in [2.45, 2.75) is 33.6 Å². The molecule has 1 aliphatic heterocycles. The number of nitrogen functional groups attached to an aromatic ring is 1. The number of hydrogen-bond acceptors (Lipinski definition) is 2. The summed E-state index contributed by atoms with van der Waals surface area (Å²) in [5, 5.41) is 0. The van der Waals surface area contributed by atoms with Gasteiger partial charge in [0.25, 0.3) is 0 Å². The SMILES string of the molecule is CC(C)(C)C1CCN(c2ccc(N)cc2Br)CC1. The molecule has 0 spiro atoms. The average molecular weight is 311 g/mol. The summed E-state index contributed by atoms with van der Waals surface area (Å²) in [5.41, 5.74) is 8.31. The van der Waals surface area contributed by atoms with E-state index in [1.54, 1.807) is 0 Å². The molecule has 1 aliphatic rings. The maximum absolute atomic E-state index is 5.79. The standard InChI is InChI=1S/C15H23BrN2/c1-15(2,3)11-6-8-18(9-7-11)14-5-4-12(17)10-13(14)16/h4-5,10-11H,6-9,17H2,1-3H3. The lowest BCUT2D eigenvalue weighted by atomic mass is 9.75. The predicted octanol–water partition coefficient (Wildman–Crippen LogP) is 4.29. The molecule has 0 radical (unpaired) electrons. The molecular weight excluding hydrogens is 288 g/mol. The van der Waals surface area contributed by atoms with Crippen LogP contribution >= 0.6 is 15.9 Å². The Bertz CT molecular complexity index is 415. The Kier molecular flexibility index (Phi) is 3.90. The van der Waals surface area contributed by atoms with Crippen molar-refractivity contribution in [3.63, 3.8) is 0 Å². The molecule has 0 bridgehead atoms. The summed E-state index contributed by atoms with van der Waals surface area (Å²) in [6.07, 6.45) is 2.56. The highest BCUT2D eigenvalue weighted by molar-refractivity contribution is 9.10. The largest absolute Gasteiger partial charge is 0.399 e. The molecule has 0 aromatic heterocycles. The van der Waals surface area contributed by atoms with Crippen molar-refractivity contribution in [3.05, 3.63) is 22.7 Å². The lowest BCUT2D eigenvalue weighted by Crippen LogP contribution is -2.38. The van der Waals surface area contributed by atoms with Crippen LogP contribution in [0.5, 0.6) is 0 Å². The second-order valence-corrected chi connectivity index (χ2v) is 7.19. The highest BCUT2D eigenvalue weighted by atomic mass is 79.9. The van der Waals surface area contributed by atoms with E-state index in [4.69, 9.17) is 5.73 Å². The van der Waals surface area contributed by atoms with Crippen LogP contribution in [0.2, 0.25) is 0 Å². The number of hydrogen-bond donors (Lipinski definition) is 1. The minimum atomic E-state index is 0.435. The predicted molar refractivity (Wildman–Crippen MR) is 82.9 cm³/mol. The topological polar surface area (TPSA) is 29.3 Å². The van der Waals surface area contributed by atoms with Crippen LogP contribution < -0.4 is 10.6 Å². The summed E-state index contributed by atoms with van der Waals surface area (Å²) in [6, 6.07) is 6.10. The molecule has 18 heavy (non-hydrogen) atoms. The third kappa shape index (κ3) is 3.00. The normalized spacial score (nSPS) is 18.1. The molecule has 1 heterocycles. The molecule has 0 atom stereocenters. The first kappa shape index (κ1) is 13.7. The van der Waals surface area contributed by atoms with Crippen LogP contribution in [0.4, 0.5) is 11.4 Å². The van der Waals surface area contributed by atoms with Gasteiger partial charge < -0.3 is 10.6 Å². The van der Waals surface area contributed by atoms with Gasteiger partial charge in [-0.1, -0.05) is 20.8 Å². The molecular formula is C15H23BrN2. The monoisotopic (exact) mass is 310 g/mol. The molecule has 2 nitrogen and oxygen atoms in total. The summed E-state index contributed by atoms with van der Waals surface area (Å²) < 4.78 is 1.11. The fourth-order valence-corrected chi connectivity index (χ4v) is 3.41. The van der Waals surface area contributed by atoms with E-state index in [1.165, 1.54) is 18.5 Å². The van der Waals surface area contributed by atoms with Crippen LogP contribution in [-0.2, 0) is 0 Å². The summed E-state index contributed by atoms with van der Waals surface area (Å²) in [7, 11) is 0. The molecule has 0 saturated carbocycles. The van der Waals surface area contributed by atoms with Crippen molar-refractivity contribution in [2.24, 2.45) is 11.3 Å². The maximum atomic E-state index is 5.79. The average Bonchev–Trinajstić information content (AvgIpc) is 2.28. The van der Waals surface area contributed by atoms with Gasteiger partial charge in [-0.25, -0.2) is 0 Å². The lowest BCUT2D eigenvalue weighted by molar-refractivity contribution is 0.199. The number of rotatable bonds is 1. The van der Waals surface area contributed by atoms with Crippen LogP contribution in [0.15, 0.2) is 22.7 Å². The fraction of sp³-hybridized carbons (Fsp3) is 0.600. The molecule has 2 rings (SSSR count). The molecule has 0 aliphatic carbocycles. The van der Waals surface area contributed by atoms with E-state index >= 15 is 0 Å². The minimum Gasteiger partial charge on any atom is -0.399 e. The number of halogens is 1. The number of piperidine rings is 1. The first-order valence-electron chi connectivity index (χ1n) is 6.68. The van der Waals surface area contributed by atoms with Gasteiger partial charge in [0, 0.05) is 23.2 Å². The van der Waals surface area contributed by atoms with Gasteiger partial charge in [-0.05, 0) is 58.3 Å². The number of nitrogens with zero attached hydrogens (tertiary/aromatic N) is 1. The van der Waals surface area contributed by atoms with Gasteiger partial charge >= 0.3 is 0 Å². The van der Waals surface area contributed by atoms with Gasteiger partial charge in [-0.3, -0.25) is 0 Å². The second-order valence-electron chi connectivity index (χ2n) is 6.34. The molecule has 0 amide bonds. The lowest BCUT2D eigenvalue weighted by Gasteiger charge is -2.40. The van der Waals surface area contributed by atoms with Gasteiger partial charge in [-0.2, -0.15) is 0 Å². The van der Waals surface area contributed by atoms with Crippen LogP contribution in [0.25, 0.3) is 0 Å². The zero-order valence-corrected chi connectivity index (χ0v) is 13.1. The van der Waals surface area contributed by atoms with Crippen molar-refractivity contribution in [1.29, 1.82) is 0 Å². The van der Waals surface area contributed by atoms with Gasteiger partial charge in [0.05, 0.1) is 5.69 Å². The van der Waals surface area contributed by atoms with E-state index in [9.17, 15) is 0 Å². The summed E-state index contributed by atoms with van der Waals surface area (Å²) in [6.45, 7) is 9.35. The van der Waals surface area contributed by atoms with E-state index in [0.717, 1.165) is 29.2 Å². The number of benzene rings is 1. The van der Waals surface area contributed by atoms with Crippen molar-refractivity contribution >= 4 is 27.3 Å². The van der Waals surface area contributed by atoms with Gasteiger partial charge in [-0.15, -0.1) is 0 Å². The zero-order valence-electron chi connectivity index (χ0n) is 11.5. The second kappa shape index (κ2) is 5.12. The number of nitrogens with two attached hydrogens (primary N) is 1. The highest BCUT2D eigenvalue weighted by Gasteiger charge is 2.29. The Hall–Kier alpha value is -0.700. The Labute approximate surface area is 119 Å². The van der Waals surface area contributed by atoms with Crippen molar-refractivity contribution in [2.75, 3.05) is 23.7 Å². The third-order valence-corrected chi connectivity index (χ3v) is 4.67. The summed E-state index contributed by atoms with van der Waals surface area (Å²) in [5.74, 6) is 0.835. The van der Waals surface area contributed by atoms with Crippen molar-refractivity contribution in [3.8, 4) is 0 Å². The molecule has 3 heteroatoms. The van der Waals surface area contributed by atoms with Gasteiger partial charge in [0.1, 0.15) is 0 Å². The Balaban J connectivity index is 2.06. The van der Waals surface area contributed by atoms with Crippen LogP contribution in [0, 0.1) is 11.3 Å². The Morgan fingerprint density at radius 3 is 2.33 bits per heavy atom. The van der Waals surface area contributed by atoms with Gasteiger partial charge in [0.15, 0.2) is 0 Å². The first-order valence-corrected chi connectivity index (χ1v) is 7.47. The highest BCUT2D eigenvalue weighted by Crippen LogP contribution is 2.37. The molecule has 1 aromatic rings. The summed E-state index contributed by atoms with van der Waals surface area (Å²) in [4.78, 5) is 2.46. The molecule has 1 saturated heterocycles. The molecule has 1 fully saturated rings. The van der Waals surface area contributed by atoms with Crippen LogP contribution in [0.1, 0.15) is 33.6 Å². The zero-order chi connectivity index (χ0) is 13.3. The van der Waals surface area contributed by atoms with E-state index in [1.807, 2.05) is 12.1 Å². The van der Waals surface area contributed by atoms with Crippen LogP contribution in [-0.4, -0.2) is 13.1 Å². The third-order valence-electron chi connectivity index (χ3n) is 4.03. The van der Waals surface area contributed by atoms with E-state index in [2.05, 4.69) is 47.7 Å². The fourth-order valence-electron chi connectivity index (χ4n) is 2.77. The summed E-state index contributed by atoms with van der Waals surface area (Å²) >= 11 is 3.62. The minimum absolute atomic E-state index is 0.435. The van der Waals surface area contributed by atoms with E-state index in [0.29, 0.717) is 5.41 Å². The van der Waals surface area contributed by atoms with E-state index < -0.39 is 0 Å². The van der Waals surface area contributed by atoms with Crippen molar-refractivity contribution in [1.82, 2.24) is 0 Å².